The number of aliphatic hydroxyl groups excluding tert-OH is 1. The average Bonchev–Trinajstić information content (AvgIpc) is 2.76. The van der Waals surface area contributed by atoms with E-state index in [-0.39, 0.29) is 30.4 Å². The number of nitrogens with two attached hydrogens (primary N) is 1. The summed E-state index contributed by atoms with van der Waals surface area (Å²) in [5.41, 5.74) is 6.17. The van der Waals surface area contributed by atoms with Crippen molar-refractivity contribution in [2.45, 2.75) is 64.7 Å². The molecule has 3 amide bonds. The summed E-state index contributed by atoms with van der Waals surface area (Å²) >= 11 is 0. The zero-order valence-corrected chi connectivity index (χ0v) is 19.9. The number of hydrogen-bond acceptors (Lipinski definition) is 7. The number of carboxylic acid groups (broad SMARTS) is 1. The Kier molecular flexibility index (Phi) is 11.5. The van der Waals surface area contributed by atoms with E-state index in [0.29, 0.717) is 5.56 Å². The van der Waals surface area contributed by atoms with Gasteiger partial charge in [-0.3, -0.25) is 14.4 Å². The molecular weight excluding hydrogens is 444 g/mol. The summed E-state index contributed by atoms with van der Waals surface area (Å²) in [6.07, 6.45) is 0.242. The van der Waals surface area contributed by atoms with Crippen molar-refractivity contribution in [2.75, 3.05) is 6.61 Å². The van der Waals surface area contributed by atoms with Crippen LogP contribution < -0.4 is 21.7 Å². The molecule has 1 rings (SSSR count). The number of carboxylic acids is 1. The average molecular weight is 481 g/mol. The Labute approximate surface area is 199 Å². The lowest BCUT2D eigenvalue weighted by Gasteiger charge is -2.27. The summed E-state index contributed by atoms with van der Waals surface area (Å²) in [4.78, 5) is 49.7. The highest BCUT2D eigenvalue weighted by Gasteiger charge is 2.32. The third-order valence-corrected chi connectivity index (χ3v) is 5.11. The zero-order chi connectivity index (χ0) is 26.0. The maximum absolute atomic E-state index is 13.1. The van der Waals surface area contributed by atoms with Gasteiger partial charge in [-0.1, -0.05) is 39.8 Å². The topological polar surface area (TPSA) is 191 Å². The molecule has 0 heterocycles. The number of carbonyl (C=O) groups excluding carboxylic acids is 3. The van der Waals surface area contributed by atoms with Gasteiger partial charge in [0.15, 0.2) is 0 Å². The number of aliphatic hydroxyl groups is 1. The van der Waals surface area contributed by atoms with Gasteiger partial charge in [-0.05, 0) is 36.0 Å². The minimum absolute atomic E-state index is 0.0214. The standard InChI is InChI=1S/C23H36N4O7/c1-12(2)9-18(23(33)34)26-22(32)19(13(3)4)27-21(31)17(25-20(30)16(24)11-28)10-14-5-7-15(29)8-6-14/h5-8,12-13,16-19,28-29H,9-11,24H2,1-4H3,(H,25,30)(H,26,32)(H,27,31)(H,33,34). The first kappa shape index (κ1) is 28.9. The Morgan fingerprint density at radius 1 is 0.882 bits per heavy atom. The third-order valence-electron chi connectivity index (χ3n) is 5.11. The van der Waals surface area contributed by atoms with Gasteiger partial charge in [0.05, 0.1) is 6.61 Å². The van der Waals surface area contributed by atoms with Crippen LogP contribution in [0.3, 0.4) is 0 Å². The predicted molar refractivity (Wildman–Crippen MR) is 125 cm³/mol. The summed E-state index contributed by atoms with van der Waals surface area (Å²) in [7, 11) is 0. The van der Waals surface area contributed by atoms with Gasteiger partial charge in [0, 0.05) is 6.42 Å². The molecule has 0 radical (unpaired) electrons. The summed E-state index contributed by atoms with van der Waals surface area (Å²) in [5, 5.41) is 35.6. The fourth-order valence-corrected chi connectivity index (χ4v) is 3.18. The number of rotatable bonds is 13. The first-order chi connectivity index (χ1) is 15.8. The number of amides is 3. The van der Waals surface area contributed by atoms with Crippen molar-refractivity contribution in [2.24, 2.45) is 17.6 Å². The minimum atomic E-state index is -1.24. The molecular formula is C23H36N4O7. The van der Waals surface area contributed by atoms with Crippen LogP contribution in [0.4, 0.5) is 0 Å². The van der Waals surface area contributed by atoms with Gasteiger partial charge in [0.2, 0.25) is 17.7 Å². The zero-order valence-electron chi connectivity index (χ0n) is 19.9. The van der Waals surface area contributed by atoms with Crippen molar-refractivity contribution < 1.29 is 34.5 Å². The van der Waals surface area contributed by atoms with E-state index in [4.69, 9.17) is 10.8 Å². The second-order valence-electron chi connectivity index (χ2n) is 8.98. The first-order valence-electron chi connectivity index (χ1n) is 11.1. The summed E-state index contributed by atoms with van der Waals surface area (Å²) in [6, 6.07) is 1.44. The van der Waals surface area contributed by atoms with Crippen LogP contribution in [-0.2, 0) is 25.6 Å². The monoisotopic (exact) mass is 480 g/mol. The maximum Gasteiger partial charge on any atom is 0.326 e. The summed E-state index contributed by atoms with van der Waals surface area (Å²) in [6.45, 7) is 6.42. The SMILES string of the molecule is CC(C)CC(NC(=O)C(NC(=O)C(Cc1ccc(O)cc1)NC(=O)C(N)CO)C(C)C)C(=O)O. The van der Waals surface area contributed by atoms with Crippen molar-refractivity contribution in [3.63, 3.8) is 0 Å². The lowest BCUT2D eigenvalue weighted by atomic mass is 9.99. The molecule has 11 heteroatoms. The Morgan fingerprint density at radius 3 is 1.91 bits per heavy atom. The molecule has 0 aliphatic carbocycles. The van der Waals surface area contributed by atoms with Crippen LogP contribution in [0.1, 0.15) is 39.7 Å². The maximum atomic E-state index is 13.1. The van der Waals surface area contributed by atoms with Crippen molar-refractivity contribution in [3.8, 4) is 5.75 Å². The second-order valence-corrected chi connectivity index (χ2v) is 8.98. The van der Waals surface area contributed by atoms with Crippen molar-refractivity contribution >= 4 is 23.7 Å². The van der Waals surface area contributed by atoms with E-state index in [1.807, 2.05) is 13.8 Å². The second kappa shape index (κ2) is 13.5. The minimum Gasteiger partial charge on any atom is -0.508 e. The fraction of sp³-hybridized carbons (Fsp3) is 0.565. The quantitative estimate of drug-likeness (QED) is 0.196. The number of phenolic OH excluding ortho intramolecular Hbond substituents is 1. The molecule has 0 spiro atoms. The number of aliphatic carboxylic acids is 1. The summed E-state index contributed by atoms with van der Waals surface area (Å²) in [5.74, 6) is -3.60. The molecule has 0 bridgehead atoms. The number of hydrogen-bond donors (Lipinski definition) is 7. The molecule has 0 aromatic heterocycles. The van der Waals surface area contributed by atoms with Crippen molar-refractivity contribution in [3.05, 3.63) is 29.8 Å². The molecule has 0 saturated carbocycles. The van der Waals surface area contributed by atoms with Crippen LogP contribution in [0.5, 0.6) is 5.75 Å². The Balaban J connectivity index is 3.07. The highest BCUT2D eigenvalue weighted by Crippen LogP contribution is 2.13. The molecule has 8 N–H and O–H groups in total. The van der Waals surface area contributed by atoms with E-state index < -0.39 is 54.5 Å². The molecule has 34 heavy (non-hydrogen) atoms. The molecule has 1 aromatic rings. The van der Waals surface area contributed by atoms with Gasteiger partial charge >= 0.3 is 5.97 Å². The number of phenols is 1. The summed E-state index contributed by atoms with van der Waals surface area (Å²) < 4.78 is 0. The van der Waals surface area contributed by atoms with E-state index in [2.05, 4.69) is 16.0 Å². The lowest BCUT2D eigenvalue weighted by Crippen LogP contribution is -2.59. The van der Waals surface area contributed by atoms with Crippen LogP contribution in [0.15, 0.2) is 24.3 Å². The normalized spacial score (nSPS) is 14.7. The number of nitrogens with one attached hydrogen (secondary N) is 3. The number of aromatic hydroxyl groups is 1. The number of carbonyl (C=O) groups is 4. The van der Waals surface area contributed by atoms with Crippen LogP contribution in [0.2, 0.25) is 0 Å². The van der Waals surface area contributed by atoms with Crippen LogP contribution >= 0.6 is 0 Å². The molecule has 1 aromatic carbocycles. The molecule has 190 valence electrons. The molecule has 11 nitrogen and oxygen atoms in total. The van der Waals surface area contributed by atoms with E-state index in [1.165, 1.54) is 12.1 Å². The molecule has 4 atom stereocenters. The van der Waals surface area contributed by atoms with Crippen LogP contribution in [0, 0.1) is 11.8 Å². The smallest absolute Gasteiger partial charge is 0.326 e. The Bertz CT molecular complexity index is 842. The van der Waals surface area contributed by atoms with E-state index in [0.717, 1.165) is 0 Å². The van der Waals surface area contributed by atoms with Gasteiger partial charge < -0.3 is 37.0 Å². The molecule has 0 aliphatic rings. The molecule has 0 aliphatic heterocycles. The molecule has 4 unspecified atom stereocenters. The Morgan fingerprint density at radius 2 is 1.44 bits per heavy atom. The largest absolute Gasteiger partial charge is 0.508 e. The number of benzene rings is 1. The van der Waals surface area contributed by atoms with Crippen molar-refractivity contribution in [1.29, 1.82) is 0 Å². The van der Waals surface area contributed by atoms with Gasteiger partial charge in [0.25, 0.3) is 0 Å². The van der Waals surface area contributed by atoms with Gasteiger partial charge in [-0.25, -0.2) is 4.79 Å². The lowest BCUT2D eigenvalue weighted by molar-refractivity contribution is -0.143. The predicted octanol–water partition coefficient (Wildman–Crippen LogP) is -0.505. The van der Waals surface area contributed by atoms with E-state index in [9.17, 15) is 29.4 Å². The van der Waals surface area contributed by atoms with Gasteiger partial charge in [-0.2, -0.15) is 0 Å². The first-order valence-corrected chi connectivity index (χ1v) is 11.1. The van der Waals surface area contributed by atoms with E-state index in [1.54, 1.807) is 26.0 Å². The van der Waals surface area contributed by atoms with Crippen molar-refractivity contribution in [1.82, 2.24) is 16.0 Å². The van der Waals surface area contributed by atoms with Gasteiger partial charge in [-0.15, -0.1) is 0 Å². The highest BCUT2D eigenvalue weighted by atomic mass is 16.4. The third kappa shape index (κ3) is 9.36. The molecule has 0 fully saturated rings. The Hall–Kier alpha value is -3.18. The highest BCUT2D eigenvalue weighted by molar-refractivity contribution is 5.94. The van der Waals surface area contributed by atoms with Crippen LogP contribution in [0.25, 0.3) is 0 Å². The molecule has 0 saturated heterocycles. The van der Waals surface area contributed by atoms with Gasteiger partial charge in [0.1, 0.15) is 29.9 Å². The fourth-order valence-electron chi connectivity index (χ4n) is 3.18. The van der Waals surface area contributed by atoms with E-state index >= 15 is 0 Å². The van der Waals surface area contributed by atoms with Crippen LogP contribution in [-0.4, -0.2) is 69.8 Å².